The van der Waals surface area contributed by atoms with Crippen LogP contribution in [0.15, 0.2) is 31.0 Å². The summed E-state index contributed by atoms with van der Waals surface area (Å²) in [5.41, 5.74) is 6.43. The summed E-state index contributed by atoms with van der Waals surface area (Å²) < 4.78 is 1.54. The molecule has 0 radical (unpaired) electrons. The Morgan fingerprint density at radius 3 is 2.80 bits per heavy atom. The lowest BCUT2D eigenvalue weighted by Crippen LogP contribution is -2.36. The van der Waals surface area contributed by atoms with Crippen LogP contribution in [0.3, 0.4) is 0 Å². The minimum Gasteiger partial charge on any atom is -0.323 e. The van der Waals surface area contributed by atoms with E-state index in [0.717, 1.165) is 0 Å². The number of pyridine rings is 1. The van der Waals surface area contributed by atoms with Crippen molar-refractivity contribution >= 4 is 11.6 Å². The zero-order valence-corrected chi connectivity index (χ0v) is 11.5. The molecular weight excluding hydrogens is 256 g/mol. The fraction of sp³-hybridized carbons (Fsp3) is 0.385. The van der Waals surface area contributed by atoms with Crippen molar-refractivity contribution in [3.8, 4) is 5.82 Å². The molecule has 3 N–H and O–H groups in total. The van der Waals surface area contributed by atoms with Gasteiger partial charge in [-0.05, 0) is 24.5 Å². The summed E-state index contributed by atoms with van der Waals surface area (Å²) >= 11 is 0. The molecule has 0 saturated heterocycles. The van der Waals surface area contributed by atoms with Gasteiger partial charge in [0.25, 0.3) is 0 Å². The average molecular weight is 274 g/mol. The number of carbonyl (C=O) groups excluding carboxylic acids is 1. The van der Waals surface area contributed by atoms with Gasteiger partial charge >= 0.3 is 0 Å². The van der Waals surface area contributed by atoms with Crippen LogP contribution in [0.25, 0.3) is 5.82 Å². The molecule has 0 saturated carbocycles. The number of nitrogens with one attached hydrogen (secondary N) is 1. The fourth-order valence-electron chi connectivity index (χ4n) is 1.77. The molecule has 2 aromatic heterocycles. The molecule has 20 heavy (non-hydrogen) atoms. The predicted molar refractivity (Wildman–Crippen MR) is 75.2 cm³/mol. The van der Waals surface area contributed by atoms with Gasteiger partial charge in [0.1, 0.15) is 12.7 Å². The molecule has 2 rings (SSSR count). The van der Waals surface area contributed by atoms with Gasteiger partial charge in [-0.25, -0.2) is 14.6 Å². The van der Waals surface area contributed by atoms with Gasteiger partial charge in [0.15, 0.2) is 5.82 Å². The molecule has 1 amide bonds. The van der Waals surface area contributed by atoms with E-state index in [2.05, 4.69) is 20.4 Å². The monoisotopic (exact) mass is 274 g/mol. The van der Waals surface area contributed by atoms with E-state index >= 15 is 0 Å². The maximum Gasteiger partial charge on any atom is 0.241 e. The van der Waals surface area contributed by atoms with Crippen LogP contribution in [-0.4, -0.2) is 31.7 Å². The van der Waals surface area contributed by atoms with Crippen molar-refractivity contribution in [2.45, 2.75) is 26.3 Å². The van der Waals surface area contributed by atoms with Gasteiger partial charge in [0.05, 0.1) is 17.9 Å². The van der Waals surface area contributed by atoms with E-state index in [0.29, 0.717) is 23.8 Å². The van der Waals surface area contributed by atoms with Gasteiger partial charge < -0.3 is 11.1 Å². The van der Waals surface area contributed by atoms with Crippen LogP contribution < -0.4 is 11.1 Å². The van der Waals surface area contributed by atoms with E-state index in [1.54, 1.807) is 24.7 Å². The SMILES string of the molecule is CC(C)C[C@H](N)C(=O)Nc1ccc(-n2cncn2)nc1. The summed E-state index contributed by atoms with van der Waals surface area (Å²) in [5.74, 6) is 0.810. The molecule has 2 aromatic rings. The number of amides is 1. The van der Waals surface area contributed by atoms with Gasteiger partial charge in [-0.1, -0.05) is 13.8 Å². The summed E-state index contributed by atoms with van der Waals surface area (Å²) in [7, 11) is 0. The number of rotatable bonds is 5. The maximum atomic E-state index is 11.9. The van der Waals surface area contributed by atoms with E-state index in [-0.39, 0.29) is 5.91 Å². The molecule has 0 aliphatic carbocycles. The first kappa shape index (κ1) is 14.1. The Hall–Kier alpha value is -2.28. The summed E-state index contributed by atoms with van der Waals surface area (Å²) in [6, 6.07) is 2.99. The van der Waals surface area contributed by atoms with Crippen molar-refractivity contribution in [2.75, 3.05) is 5.32 Å². The van der Waals surface area contributed by atoms with Crippen molar-refractivity contribution in [1.82, 2.24) is 19.7 Å². The van der Waals surface area contributed by atoms with Gasteiger partial charge in [0.2, 0.25) is 5.91 Å². The second-order valence-corrected chi connectivity index (χ2v) is 4.97. The van der Waals surface area contributed by atoms with Crippen LogP contribution in [0.5, 0.6) is 0 Å². The number of hydrogen-bond donors (Lipinski definition) is 2. The van der Waals surface area contributed by atoms with E-state index in [9.17, 15) is 4.79 Å². The van der Waals surface area contributed by atoms with E-state index in [1.165, 1.54) is 11.0 Å². The number of anilines is 1. The van der Waals surface area contributed by atoms with Gasteiger partial charge in [-0.15, -0.1) is 0 Å². The third-order valence-electron chi connectivity index (χ3n) is 2.73. The lowest BCUT2D eigenvalue weighted by Gasteiger charge is -2.14. The van der Waals surface area contributed by atoms with Crippen LogP contribution >= 0.6 is 0 Å². The molecule has 0 fully saturated rings. The van der Waals surface area contributed by atoms with Crippen molar-refractivity contribution in [3.05, 3.63) is 31.0 Å². The molecule has 7 nitrogen and oxygen atoms in total. The van der Waals surface area contributed by atoms with E-state index in [4.69, 9.17) is 5.73 Å². The number of nitrogens with zero attached hydrogens (tertiary/aromatic N) is 4. The predicted octanol–water partition coefficient (Wildman–Crippen LogP) is 0.974. The molecule has 0 spiro atoms. The topological polar surface area (TPSA) is 98.7 Å². The second kappa shape index (κ2) is 6.25. The smallest absolute Gasteiger partial charge is 0.241 e. The lowest BCUT2D eigenvalue weighted by molar-refractivity contribution is -0.117. The molecule has 106 valence electrons. The van der Waals surface area contributed by atoms with Crippen molar-refractivity contribution in [3.63, 3.8) is 0 Å². The Morgan fingerprint density at radius 2 is 2.25 bits per heavy atom. The molecule has 0 bridgehead atoms. The normalized spacial score (nSPS) is 12.4. The summed E-state index contributed by atoms with van der Waals surface area (Å²) in [4.78, 5) is 19.9. The van der Waals surface area contributed by atoms with Crippen molar-refractivity contribution in [1.29, 1.82) is 0 Å². The van der Waals surface area contributed by atoms with E-state index in [1.807, 2.05) is 13.8 Å². The third-order valence-corrected chi connectivity index (χ3v) is 2.73. The third kappa shape index (κ3) is 3.61. The highest BCUT2D eigenvalue weighted by molar-refractivity contribution is 5.94. The number of nitrogens with two attached hydrogens (primary N) is 1. The number of aromatic nitrogens is 4. The first-order chi connectivity index (χ1) is 9.56. The molecule has 0 aliphatic rings. The molecular formula is C13H18N6O. The zero-order valence-electron chi connectivity index (χ0n) is 11.5. The number of hydrogen-bond acceptors (Lipinski definition) is 5. The van der Waals surface area contributed by atoms with Crippen molar-refractivity contribution < 1.29 is 4.79 Å². The summed E-state index contributed by atoms with van der Waals surface area (Å²) in [5, 5.41) is 6.72. The minimum absolute atomic E-state index is 0.200. The Kier molecular flexibility index (Phi) is 4.41. The lowest BCUT2D eigenvalue weighted by atomic mass is 10.0. The van der Waals surface area contributed by atoms with Crippen LogP contribution in [-0.2, 0) is 4.79 Å². The summed E-state index contributed by atoms with van der Waals surface area (Å²) in [6.45, 7) is 4.06. The molecule has 0 aliphatic heterocycles. The van der Waals surface area contributed by atoms with Crippen LogP contribution in [0.2, 0.25) is 0 Å². The van der Waals surface area contributed by atoms with Crippen molar-refractivity contribution in [2.24, 2.45) is 11.7 Å². The highest BCUT2D eigenvalue weighted by Gasteiger charge is 2.15. The van der Waals surface area contributed by atoms with Gasteiger partial charge in [0, 0.05) is 0 Å². The van der Waals surface area contributed by atoms with Crippen LogP contribution in [0.1, 0.15) is 20.3 Å². The Morgan fingerprint density at radius 1 is 1.45 bits per heavy atom. The second-order valence-electron chi connectivity index (χ2n) is 4.97. The minimum atomic E-state index is -0.509. The quantitative estimate of drug-likeness (QED) is 0.846. The summed E-state index contributed by atoms with van der Waals surface area (Å²) in [6.07, 6.45) is 5.20. The van der Waals surface area contributed by atoms with Gasteiger partial charge in [-0.3, -0.25) is 4.79 Å². The standard InChI is InChI=1S/C13H18N6O/c1-9(2)5-11(14)13(20)18-10-3-4-12(16-6-10)19-8-15-7-17-19/h3-4,6-9,11H,5,14H2,1-2H3,(H,18,20)/t11-/m0/s1. The highest BCUT2D eigenvalue weighted by atomic mass is 16.2. The van der Waals surface area contributed by atoms with E-state index < -0.39 is 6.04 Å². The first-order valence-electron chi connectivity index (χ1n) is 6.43. The molecule has 0 aromatic carbocycles. The van der Waals surface area contributed by atoms with Crippen LogP contribution in [0, 0.1) is 5.92 Å². The van der Waals surface area contributed by atoms with Gasteiger partial charge in [-0.2, -0.15) is 5.10 Å². The first-order valence-corrected chi connectivity index (χ1v) is 6.43. The Labute approximate surface area is 117 Å². The Balaban J connectivity index is 1.99. The highest BCUT2D eigenvalue weighted by Crippen LogP contribution is 2.10. The zero-order chi connectivity index (χ0) is 14.5. The molecule has 7 heteroatoms. The Bertz CT molecular complexity index is 549. The molecule has 1 atom stereocenters. The molecule has 2 heterocycles. The largest absolute Gasteiger partial charge is 0.323 e. The number of carbonyl (C=O) groups is 1. The van der Waals surface area contributed by atoms with Crippen LogP contribution in [0.4, 0.5) is 5.69 Å². The fourth-order valence-corrected chi connectivity index (χ4v) is 1.77. The maximum absolute atomic E-state index is 11.9. The molecule has 0 unspecified atom stereocenters. The average Bonchev–Trinajstić information content (AvgIpc) is 2.92.